The van der Waals surface area contributed by atoms with Crippen LogP contribution in [0, 0.1) is 6.92 Å². The highest BCUT2D eigenvalue weighted by Gasteiger charge is 2.21. The molecule has 0 saturated heterocycles. The first-order chi connectivity index (χ1) is 14.9. The monoisotopic (exact) mass is 424 g/mol. The number of carboxylic acids is 1. The molecule has 7 nitrogen and oxygen atoms in total. The highest BCUT2D eigenvalue weighted by Crippen LogP contribution is 2.35. The van der Waals surface area contributed by atoms with E-state index in [1.807, 2.05) is 19.9 Å². The minimum atomic E-state index is -1.30. The Hall–Kier alpha value is -3.09. The van der Waals surface area contributed by atoms with E-state index in [0.717, 1.165) is 53.4 Å². The van der Waals surface area contributed by atoms with E-state index in [1.165, 1.54) is 5.56 Å². The molecule has 31 heavy (non-hydrogen) atoms. The smallest absolute Gasteiger partial charge is 0.339 e. The van der Waals surface area contributed by atoms with E-state index in [9.17, 15) is 19.5 Å². The SMILES string of the molecule is CCC[C@@H](NC(=O)CCc1c(C)c2cc3c4c(oc3cc2oc1=O)CCCC4)C(=O)[O-]. The topological polar surface area (TPSA) is 113 Å². The Kier molecular flexibility index (Phi) is 5.85. The summed E-state index contributed by atoms with van der Waals surface area (Å²) in [4.78, 5) is 36.0. The van der Waals surface area contributed by atoms with Gasteiger partial charge in [-0.1, -0.05) is 13.3 Å². The molecule has 1 atom stereocenters. The number of carbonyl (C=O) groups is 2. The number of aryl methyl sites for hydroxylation is 3. The third-order valence-corrected chi connectivity index (χ3v) is 6.16. The van der Waals surface area contributed by atoms with Gasteiger partial charge < -0.3 is 24.1 Å². The van der Waals surface area contributed by atoms with Crippen molar-refractivity contribution >= 4 is 33.8 Å². The minimum Gasteiger partial charge on any atom is -0.548 e. The Morgan fingerprint density at radius 3 is 2.61 bits per heavy atom. The van der Waals surface area contributed by atoms with Crippen LogP contribution in [0.15, 0.2) is 25.8 Å². The lowest BCUT2D eigenvalue weighted by Crippen LogP contribution is -2.47. The van der Waals surface area contributed by atoms with Crippen LogP contribution in [0.1, 0.15) is 61.5 Å². The van der Waals surface area contributed by atoms with Crippen molar-refractivity contribution in [2.24, 2.45) is 0 Å². The molecule has 0 saturated carbocycles. The highest BCUT2D eigenvalue weighted by molar-refractivity contribution is 5.97. The van der Waals surface area contributed by atoms with Crippen molar-refractivity contribution in [2.75, 3.05) is 0 Å². The van der Waals surface area contributed by atoms with Crippen LogP contribution in [0.25, 0.3) is 21.9 Å². The van der Waals surface area contributed by atoms with E-state index in [4.69, 9.17) is 8.83 Å². The number of hydrogen-bond donors (Lipinski definition) is 1. The second-order valence-corrected chi connectivity index (χ2v) is 8.28. The van der Waals surface area contributed by atoms with Crippen LogP contribution >= 0.6 is 0 Å². The number of rotatable bonds is 7. The number of furan rings is 1. The number of aliphatic carboxylic acids is 1. The van der Waals surface area contributed by atoms with E-state index in [2.05, 4.69) is 5.32 Å². The van der Waals surface area contributed by atoms with Crippen molar-refractivity contribution in [3.05, 3.63) is 45.0 Å². The first kappa shape index (κ1) is 21.2. The Balaban J connectivity index is 1.62. The van der Waals surface area contributed by atoms with Crippen LogP contribution in [0.5, 0.6) is 0 Å². The standard InChI is InChI=1S/C24H27NO6/c1-3-6-18(23(27)28)25-22(26)10-9-14-13(2)16-11-17-15-7-4-5-8-19(15)30-21(17)12-20(16)31-24(14)29/h11-12,18H,3-10H2,1-2H3,(H,25,26)(H,27,28)/p-1/t18-/m1/s1. The third kappa shape index (κ3) is 4.09. The Morgan fingerprint density at radius 1 is 1.13 bits per heavy atom. The van der Waals surface area contributed by atoms with Gasteiger partial charge in [-0.25, -0.2) is 4.79 Å². The maximum absolute atomic E-state index is 12.6. The second-order valence-electron chi connectivity index (χ2n) is 8.28. The number of fused-ring (bicyclic) bond motifs is 4. The lowest BCUT2D eigenvalue weighted by molar-refractivity contribution is -0.308. The zero-order valence-electron chi connectivity index (χ0n) is 17.8. The number of amides is 1. The van der Waals surface area contributed by atoms with Gasteiger partial charge in [-0.3, -0.25) is 4.79 Å². The third-order valence-electron chi connectivity index (χ3n) is 6.16. The van der Waals surface area contributed by atoms with Gasteiger partial charge in [0.1, 0.15) is 16.9 Å². The largest absolute Gasteiger partial charge is 0.548 e. The average Bonchev–Trinajstić information content (AvgIpc) is 3.09. The summed E-state index contributed by atoms with van der Waals surface area (Å²) in [6.45, 7) is 3.69. The first-order valence-corrected chi connectivity index (χ1v) is 10.9. The van der Waals surface area contributed by atoms with E-state index in [-0.39, 0.29) is 12.8 Å². The average molecular weight is 424 g/mol. The maximum atomic E-state index is 12.6. The van der Waals surface area contributed by atoms with Crippen molar-refractivity contribution < 1.29 is 23.5 Å². The normalized spacial score (nSPS) is 14.5. The van der Waals surface area contributed by atoms with Crippen molar-refractivity contribution in [3.8, 4) is 0 Å². The highest BCUT2D eigenvalue weighted by atomic mass is 16.4. The van der Waals surface area contributed by atoms with Crippen molar-refractivity contribution in [1.29, 1.82) is 0 Å². The first-order valence-electron chi connectivity index (χ1n) is 10.9. The molecule has 2 heterocycles. The molecule has 0 fully saturated rings. The Morgan fingerprint density at radius 2 is 1.87 bits per heavy atom. The van der Waals surface area contributed by atoms with Crippen molar-refractivity contribution in [1.82, 2.24) is 5.32 Å². The van der Waals surface area contributed by atoms with Crippen LogP contribution in [-0.4, -0.2) is 17.9 Å². The molecule has 4 rings (SSSR count). The number of benzene rings is 1. The van der Waals surface area contributed by atoms with Gasteiger partial charge in [-0.05, 0) is 50.7 Å². The summed E-state index contributed by atoms with van der Waals surface area (Å²) in [5, 5.41) is 15.5. The molecule has 1 aliphatic carbocycles. The van der Waals surface area contributed by atoms with Crippen LogP contribution in [-0.2, 0) is 28.9 Å². The van der Waals surface area contributed by atoms with E-state index in [1.54, 1.807) is 6.07 Å². The molecule has 0 unspecified atom stereocenters. The lowest BCUT2D eigenvalue weighted by Gasteiger charge is -2.19. The fourth-order valence-electron chi connectivity index (χ4n) is 4.48. The van der Waals surface area contributed by atoms with Crippen LogP contribution in [0.4, 0.5) is 0 Å². The zero-order valence-corrected chi connectivity index (χ0v) is 17.8. The summed E-state index contributed by atoms with van der Waals surface area (Å²) in [7, 11) is 0. The summed E-state index contributed by atoms with van der Waals surface area (Å²) in [6, 6.07) is 2.78. The molecule has 164 valence electrons. The molecule has 0 bridgehead atoms. The summed E-state index contributed by atoms with van der Waals surface area (Å²) in [5.74, 6) is -0.715. The van der Waals surface area contributed by atoms with Crippen LogP contribution in [0.2, 0.25) is 0 Å². The minimum absolute atomic E-state index is 0.00600. The molecular weight excluding hydrogens is 398 g/mol. The fourth-order valence-corrected chi connectivity index (χ4v) is 4.48. The molecule has 1 aromatic carbocycles. The molecule has 0 radical (unpaired) electrons. The quantitative estimate of drug-likeness (QED) is 0.584. The van der Waals surface area contributed by atoms with Gasteiger partial charge >= 0.3 is 5.63 Å². The van der Waals surface area contributed by atoms with E-state index in [0.29, 0.717) is 24.0 Å². The van der Waals surface area contributed by atoms with Gasteiger partial charge in [-0.15, -0.1) is 0 Å². The van der Waals surface area contributed by atoms with Crippen molar-refractivity contribution in [3.63, 3.8) is 0 Å². The number of hydrogen-bond acceptors (Lipinski definition) is 6. The number of carbonyl (C=O) groups excluding carboxylic acids is 2. The van der Waals surface area contributed by atoms with Gasteiger partial charge in [0.05, 0.1) is 12.0 Å². The predicted octanol–water partition coefficient (Wildman–Crippen LogP) is 2.69. The second kappa shape index (κ2) is 8.57. The fraction of sp³-hybridized carbons (Fsp3) is 0.458. The van der Waals surface area contributed by atoms with Crippen LogP contribution < -0.4 is 16.0 Å². The van der Waals surface area contributed by atoms with E-state index < -0.39 is 23.5 Å². The summed E-state index contributed by atoms with van der Waals surface area (Å²) >= 11 is 0. The van der Waals surface area contributed by atoms with Gasteiger partial charge in [0.15, 0.2) is 0 Å². The summed E-state index contributed by atoms with van der Waals surface area (Å²) in [5.41, 5.74) is 3.15. The lowest BCUT2D eigenvalue weighted by atomic mass is 9.94. The summed E-state index contributed by atoms with van der Waals surface area (Å²) < 4.78 is 11.5. The Labute approximate surface area is 179 Å². The van der Waals surface area contributed by atoms with Gasteiger partial charge in [0.25, 0.3) is 0 Å². The maximum Gasteiger partial charge on any atom is 0.339 e. The van der Waals surface area contributed by atoms with Crippen LogP contribution in [0.3, 0.4) is 0 Å². The summed E-state index contributed by atoms with van der Waals surface area (Å²) in [6.07, 6.45) is 5.23. The molecule has 0 spiro atoms. The molecule has 2 aromatic heterocycles. The zero-order chi connectivity index (χ0) is 22.1. The predicted molar refractivity (Wildman–Crippen MR) is 114 cm³/mol. The molecule has 1 N–H and O–H groups in total. The molecule has 7 heteroatoms. The molecule has 1 aliphatic rings. The van der Waals surface area contributed by atoms with Gasteiger partial charge in [0, 0.05) is 40.8 Å². The molecule has 0 aliphatic heterocycles. The van der Waals surface area contributed by atoms with E-state index >= 15 is 0 Å². The van der Waals surface area contributed by atoms with Crippen molar-refractivity contribution in [2.45, 2.75) is 71.3 Å². The van der Waals surface area contributed by atoms with Gasteiger partial charge in [0.2, 0.25) is 5.91 Å². The molecule has 1 amide bonds. The Bertz CT molecular complexity index is 1220. The number of carboxylic acid groups (broad SMARTS) is 1. The molecule has 3 aromatic rings. The molecular formula is C24H26NO6-. The van der Waals surface area contributed by atoms with Gasteiger partial charge in [-0.2, -0.15) is 0 Å². The number of nitrogens with one attached hydrogen (secondary N) is 1.